The van der Waals surface area contributed by atoms with Crippen LogP contribution in [-0.2, 0) is 0 Å². The fourth-order valence-electron chi connectivity index (χ4n) is 5.38. The van der Waals surface area contributed by atoms with Crippen LogP contribution in [0.1, 0.15) is 66.7 Å². The van der Waals surface area contributed by atoms with Crippen molar-refractivity contribution in [1.29, 1.82) is 0 Å². The van der Waals surface area contributed by atoms with Crippen LogP contribution in [0.5, 0.6) is 0 Å². The lowest BCUT2D eigenvalue weighted by Gasteiger charge is -2.34. The van der Waals surface area contributed by atoms with Gasteiger partial charge in [-0.05, 0) is 88.8 Å². The van der Waals surface area contributed by atoms with Gasteiger partial charge in [-0.2, -0.15) is 0 Å². The topological polar surface area (TPSA) is 43.9 Å². The van der Waals surface area contributed by atoms with Gasteiger partial charge in [0.25, 0.3) is 11.8 Å². The highest BCUT2D eigenvalue weighted by molar-refractivity contribution is 6.21. The molecule has 2 aliphatic rings. The van der Waals surface area contributed by atoms with Gasteiger partial charge in [-0.25, -0.2) is 0 Å². The van der Waals surface area contributed by atoms with Crippen LogP contribution in [0, 0.1) is 5.92 Å². The Morgan fingerprint density at radius 1 is 0.944 bits per heavy atom. The zero-order chi connectivity index (χ0) is 25.5. The second kappa shape index (κ2) is 12.2. The normalized spacial score (nSPS) is 16.9. The van der Waals surface area contributed by atoms with E-state index in [1.54, 1.807) is 12.1 Å². The molecule has 0 N–H and O–H groups in total. The van der Waals surface area contributed by atoms with Crippen LogP contribution in [0.2, 0.25) is 0 Å². The quantitative estimate of drug-likeness (QED) is 0.217. The molecule has 4 rings (SSSR count). The lowest BCUT2D eigenvalue weighted by Crippen LogP contribution is -2.36. The minimum atomic E-state index is -0.147. The average Bonchev–Trinajstić information content (AvgIpc) is 3.14. The van der Waals surface area contributed by atoms with E-state index in [0.29, 0.717) is 23.6 Å². The molecule has 5 nitrogen and oxygen atoms in total. The number of carbonyl (C=O) groups excluding carboxylic acids is 2. The second-order valence-corrected chi connectivity index (χ2v) is 10.1. The molecule has 2 amide bonds. The molecule has 0 radical (unpaired) electrons. The minimum absolute atomic E-state index is 0.147. The first-order valence-corrected chi connectivity index (χ1v) is 13.3. The van der Waals surface area contributed by atoms with Crippen molar-refractivity contribution in [3.63, 3.8) is 0 Å². The van der Waals surface area contributed by atoms with E-state index in [2.05, 4.69) is 66.8 Å². The molecule has 0 spiro atoms. The lowest BCUT2D eigenvalue weighted by molar-refractivity contribution is 0.0649. The van der Waals surface area contributed by atoms with Crippen LogP contribution < -0.4 is 4.90 Å². The molecule has 0 atom stereocenters. The maximum absolute atomic E-state index is 12.5. The third-order valence-corrected chi connectivity index (χ3v) is 7.35. The van der Waals surface area contributed by atoms with E-state index in [1.165, 1.54) is 29.0 Å². The summed E-state index contributed by atoms with van der Waals surface area (Å²) in [5, 5.41) is 0. The van der Waals surface area contributed by atoms with Crippen molar-refractivity contribution in [3.8, 4) is 0 Å². The summed E-state index contributed by atoms with van der Waals surface area (Å²) in [7, 11) is 0. The first-order valence-electron chi connectivity index (χ1n) is 13.3. The van der Waals surface area contributed by atoms with Crippen molar-refractivity contribution in [2.24, 2.45) is 5.92 Å². The first-order chi connectivity index (χ1) is 17.5. The zero-order valence-corrected chi connectivity index (χ0v) is 21.8. The van der Waals surface area contributed by atoms with Crippen molar-refractivity contribution in [1.82, 2.24) is 9.80 Å². The summed E-state index contributed by atoms with van der Waals surface area (Å²) in [5.74, 6) is 0.318. The molecule has 1 saturated heterocycles. The fraction of sp³-hybridized carbons (Fsp3) is 0.419. The summed E-state index contributed by atoms with van der Waals surface area (Å²) < 4.78 is 0. The highest BCUT2D eigenvalue weighted by atomic mass is 16.2. The SMILES string of the molecule is C=C(C)CN(/C=C(\CC)C1CCN(CCCCN2C(=O)c3ccccc3C2=O)CC1)c1ccccc1. The van der Waals surface area contributed by atoms with Gasteiger partial charge in [0, 0.05) is 25.0 Å². The molecule has 0 saturated carbocycles. The lowest BCUT2D eigenvalue weighted by atomic mass is 9.88. The molecular weight excluding hydrogens is 446 g/mol. The van der Waals surface area contributed by atoms with Crippen molar-refractivity contribution < 1.29 is 9.59 Å². The predicted molar refractivity (Wildman–Crippen MR) is 147 cm³/mol. The average molecular weight is 486 g/mol. The Morgan fingerprint density at radius 3 is 2.11 bits per heavy atom. The zero-order valence-electron chi connectivity index (χ0n) is 21.8. The van der Waals surface area contributed by atoms with Crippen molar-refractivity contribution in [2.75, 3.05) is 37.6 Å². The molecular formula is C31H39N3O2. The number of unbranched alkanes of at least 4 members (excludes halogenated alkanes) is 1. The maximum Gasteiger partial charge on any atom is 0.261 e. The molecule has 190 valence electrons. The van der Waals surface area contributed by atoms with E-state index in [-0.39, 0.29) is 11.8 Å². The van der Waals surface area contributed by atoms with Crippen LogP contribution in [0.3, 0.4) is 0 Å². The Labute approximate surface area is 216 Å². The highest BCUT2D eigenvalue weighted by Crippen LogP contribution is 2.29. The molecule has 0 aliphatic carbocycles. The summed E-state index contributed by atoms with van der Waals surface area (Å²) in [6, 6.07) is 17.7. The second-order valence-electron chi connectivity index (χ2n) is 10.1. The van der Waals surface area contributed by atoms with Gasteiger partial charge in [0.1, 0.15) is 0 Å². The molecule has 2 heterocycles. The van der Waals surface area contributed by atoms with E-state index in [4.69, 9.17) is 0 Å². The molecule has 0 aromatic heterocycles. The third-order valence-electron chi connectivity index (χ3n) is 7.35. The molecule has 0 unspecified atom stereocenters. The van der Waals surface area contributed by atoms with Crippen LogP contribution in [0.25, 0.3) is 0 Å². The summed E-state index contributed by atoms with van der Waals surface area (Å²) in [6.45, 7) is 13.0. The third kappa shape index (κ3) is 6.14. The Balaban J connectivity index is 1.25. The predicted octanol–water partition coefficient (Wildman–Crippen LogP) is 6.15. The number of hydrogen-bond acceptors (Lipinski definition) is 4. The number of likely N-dealkylation sites (tertiary alicyclic amines) is 1. The van der Waals surface area contributed by atoms with Gasteiger partial charge in [0.15, 0.2) is 0 Å². The Bertz CT molecular complexity index is 1060. The van der Waals surface area contributed by atoms with E-state index >= 15 is 0 Å². The number of imide groups is 1. The van der Waals surface area contributed by atoms with Gasteiger partial charge < -0.3 is 9.80 Å². The monoisotopic (exact) mass is 485 g/mol. The van der Waals surface area contributed by atoms with Gasteiger partial charge >= 0.3 is 0 Å². The van der Waals surface area contributed by atoms with E-state index in [0.717, 1.165) is 51.0 Å². The van der Waals surface area contributed by atoms with Crippen LogP contribution in [-0.4, -0.2) is 54.3 Å². The largest absolute Gasteiger partial charge is 0.344 e. The molecule has 5 heteroatoms. The molecule has 36 heavy (non-hydrogen) atoms. The number of allylic oxidation sites excluding steroid dienone is 1. The smallest absolute Gasteiger partial charge is 0.261 e. The van der Waals surface area contributed by atoms with Crippen molar-refractivity contribution in [2.45, 2.75) is 46.0 Å². The van der Waals surface area contributed by atoms with Crippen molar-refractivity contribution in [3.05, 3.63) is 89.6 Å². The fourth-order valence-corrected chi connectivity index (χ4v) is 5.38. The molecule has 0 bridgehead atoms. The standard InChI is InChI=1S/C31H39N3O2/c1-4-25(23-33(22-24(2)3)27-12-6-5-7-13-27)26-16-20-32(21-17-26)18-10-11-19-34-30(35)28-14-8-9-15-29(28)31(34)36/h5-9,12-15,23,26H,2,4,10-11,16-22H2,1,3H3/b25-23+. The van der Waals surface area contributed by atoms with E-state index in [1.807, 2.05) is 12.1 Å². The molecule has 2 aliphatic heterocycles. The Kier molecular flexibility index (Phi) is 8.76. The number of rotatable bonds is 11. The van der Waals surface area contributed by atoms with E-state index in [9.17, 15) is 9.59 Å². The Hall–Kier alpha value is -3.18. The molecule has 2 aromatic rings. The highest BCUT2D eigenvalue weighted by Gasteiger charge is 2.34. The van der Waals surface area contributed by atoms with E-state index < -0.39 is 0 Å². The number of carbonyl (C=O) groups is 2. The minimum Gasteiger partial charge on any atom is -0.344 e. The summed E-state index contributed by atoms with van der Waals surface area (Å²) >= 11 is 0. The van der Waals surface area contributed by atoms with Gasteiger partial charge in [0.05, 0.1) is 11.1 Å². The number of amides is 2. The number of benzene rings is 2. The molecule has 1 fully saturated rings. The Morgan fingerprint density at radius 2 is 1.53 bits per heavy atom. The van der Waals surface area contributed by atoms with Gasteiger partial charge in [-0.1, -0.05) is 55.0 Å². The summed E-state index contributed by atoms with van der Waals surface area (Å²) in [5.41, 5.74) is 4.96. The molecule has 2 aromatic carbocycles. The van der Waals surface area contributed by atoms with Gasteiger partial charge in [0.2, 0.25) is 0 Å². The number of anilines is 1. The number of nitrogens with zero attached hydrogens (tertiary/aromatic N) is 3. The van der Waals surface area contributed by atoms with Crippen molar-refractivity contribution >= 4 is 17.5 Å². The van der Waals surface area contributed by atoms with Gasteiger partial charge in [-0.3, -0.25) is 14.5 Å². The van der Waals surface area contributed by atoms with Gasteiger partial charge in [-0.15, -0.1) is 0 Å². The summed E-state index contributed by atoms with van der Waals surface area (Å²) in [4.78, 5) is 31.4. The van der Waals surface area contributed by atoms with Crippen LogP contribution >= 0.6 is 0 Å². The number of piperidine rings is 1. The van der Waals surface area contributed by atoms with Crippen LogP contribution in [0.15, 0.2) is 78.5 Å². The maximum atomic E-state index is 12.5. The number of hydrogen-bond donors (Lipinski definition) is 0. The summed E-state index contributed by atoms with van der Waals surface area (Å²) in [6.07, 6.45) is 7.62. The first kappa shape index (κ1) is 25.9. The number of fused-ring (bicyclic) bond motifs is 1. The number of para-hydroxylation sites is 1. The van der Waals surface area contributed by atoms with Crippen LogP contribution in [0.4, 0.5) is 5.69 Å².